The van der Waals surface area contributed by atoms with Crippen LogP contribution in [0.4, 0.5) is 0 Å². The van der Waals surface area contributed by atoms with Crippen LogP contribution in [-0.4, -0.2) is 36.6 Å². The summed E-state index contributed by atoms with van der Waals surface area (Å²) in [5.74, 6) is 0. The highest BCUT2D eigenvalue weighted by Gasteiger charge is 2.28. The van der Waals surface area contributed by atoms with Crippen LogP contribution in [0.5, 0.6) is 0 Å². The van der Waals surface area contributed by atoms with E-state index in [0.717, 1.165) is 12.1 Å². The predicted octanol–water partition coefficient (Wildman–Crippen LogP) is 1.22. The summed E-state index contributed by atoms with van der Waals surface area (Å²) in [7, 11) is 0. The second-order valence-corrected chi connectivity index (χ2v) is 4.23. The van der Waals surface area contributed by atoms with Crippen molar-refractivity contribution in [3.8, 4) is 0 Å². The fourth-order valence-electron chi connectivity index (χ4n) is 2.53. The largest absolute Gasteiger partial charge is 0.310 e. The fraction of sp³-hybridized carbons (Fsp3) is 1.00. The molecule has 2 unspecified atom stereocenters. The van der Waals surface area contributed by atoms with Gasteiger partial charge in [0.05, 0.1) is 0 Å². The Morgan fingerprint density at radius 2 is 2.08 bits per heavy atom. The van der Waals surface area contributed by atoms with Crippen molar-refractivity contribution in [2.24, 2.45) is 0 Å². The highest BCUT2D eigenvalue weighted by molar-refractivity contribution is 4.89. The first-order chi connectivity index (χ1) is 5.88. The van der Waals surface area contributed by atoms with Crippen LogP contribution in [0.1, 0.15) is 32.6 Å². The summed E-state index contributed by atoms with van der Waals surface area (Å²) < 4.78 is 0. The first kappa shape index (κ1) is 8.52. The Balaban J connectivity index is 1.87. The lowest BCUT2D eigenvalue weighted by atomic mass is 10.1. The third kappa shape index (κ3) is 1.80. The lowest BCUT2D eigenvalue weighted by molar-refractivity contribution is 0.259. The van der Waals surface area contributed by atoms with Crippen molar-refractivity contribution in [2.45, 2.75) is 44.7 Å². The van der Waals surface area contributed by atoms with E-state index >= 15 is 0 Å². The first-order valence-corrected chi connectivity index (χ1v) is 5.37. The molecule has 1 N–H and O–H groups in total. The molecule has 2 bridgehead atoms. The predicted molar refractivity (Wildman–Crippen MR) is 51.3 cm³/mol. The van der Waals surface area contributed by atoms with Crippen molar-refractivity contribution in [1.29, 1.82) is 0 Å². The zero-order valence-electron chi connectivity index (χ0n) is 8.05. The van der Waals surface area contributed by atoms with Crippen molar-refractivity contribution in [3.05, 3.63) is 0 Å². The van der Waals surface area contributed by atoms with E-state index in [9.17, 15) is 0 Å². The summed E-state index contributed by atoms with van der Waals surface area (Å²) in [6, 6.07) is 1.65. The number of rotatable bonds is 2. The van der Waals surface area contributed by atoms with Crippen molar-refractivity contribution < 1.29 is 0 Å². The monoisotopic (exact) mass is 168 g/mol. The Kier molecular flexibility index (Phi) is 2.66. The summed E-state index contributed by atoms with van der Waals surface area (Å²) in [4.78, 5) is 2.62. The van der Waals surface area contributed by atoms with Gasteiger partial charge >= 0.3 is 0 Å². The number of fused-ring (bicyclic) bond motifs is 2. The lowest BCUT2D eigenvalue weighted by Gasteiger charge is -2.22. The minimum atomic E-state index is 0.809. The first-order valence-electron chi connectivity index (χ1n) is 5.37. The number of hydrogen-bond donors (Lipinski definition) is 1. The van der Waals surface area contributed by atoms with Crippen molar-refractivity contribution >= 4 is 0 Å². The molecular weight excluding hydrogens is 148 g/mol. The molecule has 0 aromatic carbocycles. The molecular formula is C10H20N2. The second-order valence-electron chi connectivity index (χ2n) is 4.23. The van der Waals surface area contributed by atoms with E-state index in [4.69, 9.17) is 0 Å². The van der Waals surface area contributed by atoms with Gasteiger partial charge in [0.25, 0.3) is 0 Å². The normalized spacial score (nSPS) is 36.8. The van der Waals surface area contributed by atoms with Crippen molar-refractivity contribution in [2.75, 3.05) is 19.6 Å². The molecule has 0 amide bonds. The van der Waals surface area contributed by atoms with Gasteiger partial charge in [0.15, 0.2) is 0 Å². The van der Waals surface area contributed by atoms with Gasteiger partial charge in [0, 0.05) is 18.6 Å². The van der Waals surface area contributed by atoms with E-state index in [1.165, 1.54) is 45.3 Å². The Bertz CT molecular complexity index is 147. The van der Waals surface area contributed by atoms with E-state index in [0.29, 0.717) is 0 Å². The Labute approximate surface area is 75.3 Å². The summed E-state index contributed by atoms with van der Waals surface area (Å²) in [6.07, 6.45) is 5.50. The Hall–Kier alpha value is -0.0800. The topological polar surface area (TPSA) is 15.3 Å². The average Bonchev–Trinajstić information content (AvgIpc) is 2.37. The van der Waals surface area contributed by atoms with Gasteiger partial charge in [-0.3, -0.25) is 0 Å². The molecule has 70 valence electrons. The third-order valence-corrected chi connectivity index (χ3v) is 3.15. The van der Waals surface area contributed by atoms with E-state index in [2.05, 4.69) is 17.1 Å². The van der Waals surface area contributed by atoms with Gasteiger partial charge in [0.1, 0.15) is 0 Å². The minimum Gasteiger partial charge on any atom is -0.310 e. The number of nitrogens with one attached hydrogen (secondary N) is 1. The molecule has 0 spiro atoms. The number of likely N-dealkylation sites (tertiary alicyclic amines) is 1. The average molecular weight is 168 g/mol. The second kappa shape index (κ2) is 3.75. The Morgan fingerprint density at radius 3 is 2.92 bits per heavy atom. The smallest absolute Gasteiger partial charge is 0.0198 e. The summed E-state index contributed by atoms with van der Waals surface area (Å²) in [5, 5.41) is 3.70. The molecule has 0 radical (unpaired) electrons. The zero-order chi connectivity index (χ0) is 8.39. The standard InChI is InChI=1S/C10H20N2/c1-2-6-12-7-5-9-3-4-10(8-12)11-9/h9-11H,2-8H2,1H3. The summed E-state index contributed by atoms with van der Waals surface area (Å²) in [5.41, 5.74) is 0. The van der Waals surface area contributed by atoms with Crippen LogP contribution in [0.2, 0.25) is 0 Å². The van der Waals surface area contributed by atoms with E-state index in [1.807, 2.05) is 0 Å². The van der Waals surface area contributed by atoms with Crippen LogP contribution in [0, 0.1) is 0 Å². The summed E-state index contributed by atoms with van der Waals surface area (Å²) in [6.45, 7) is 6.19. The molecule has 0 aromatic rings. The number of hydrogen-bond acceptors (Lipinski definition) is 2. The van der Waals surface area contributed by atoms with Crippen LogP contribution in [0.15, 0.2) is 0 Å². The molecule has 2 rings (SSSR count). The molecule has 2 heterocycles. The molecule has 2 atom stereocenters. The van der Waals surface area contributed by atoms with Gasteiger partial charge in [-0.15, -0.1) is 0 Å². The van der Waals surface area contributed by atoms with Crippen LogP contribution < -0.4 is 5.32 Å². The molecule has 2 fully saturated rings. The quantitative estimate of drug-likeness (QED) is 0.667. The molecule has 2 heteroatoms. The molecule has 0 aliphatic carbocycles. The Morgan fingerprint density at radius 1 is 1.25 bits per heavy atom. The highest BCUT2D eigenvalue weighted by Crippen LogP contribution is 2.20. The highest BCUT2D eigenvalue weighted by atomic mass is 15.2. The van der Waals surface area contributed by atoms with E-state index in [-0.39, 0.29) is 0 Å². The maximum absolute atomic E-state index is 3.70. The zero-order valence-corrected chi connectivity index (χ0v) is 8.05. The maximum Gasteiger partial charge on any atom is 0.0198 e. The molecule has 2 aliphatic rings. The van der Waals surface area contributed by atoms with Gasteiger partial charge in [-0.2, -0.15) is 0 Å². The van der Waals surface area contributed by atoms with Crippen LogP contribution in [0.3, 0.4) is 0 Å². The molecule has 2 nitrogen and oxygen atoms in total. The fourth-order valence-corrected chi connectivity index (χ4v) is 2.53. The van der Waals surface area contributed by atoms with Crippen molar-refractivity contribution in [3.63, 3.8) is 0 Å². The molecule has 2 aliphatic heterocycles. The van der Waals surface area contributed by atoms with Crippen LogP contribution in [0.25, 0.3) is 0 Å². The summed E-state index contributed by atoms with van der Waals surface area (Å²) >= 11 is 0. The lowest BCUT2D eigenvalue weighted by Crippen LogP contribution is -2.35. The number of nitrogens with zero attached hydrogens (tertiary/aromatic N) is 1. The van der Waals surface area contributed by atoms with Crippen LogP contribution in [-0.2, 0) is 0 Å². The molecule has 0 saturated carbocycles. The van der Waals surface area contributed by atoms with Gasteiger partial charge < -0.3 is 10.2 Å². The van der Waals surface area contributed by atoms with Gasteiger partial charge in [-0.05, 0) is 38.8 Å². The van der Waals surface area contributed by atoms with Gasteiger partial charge in [0.2, 0.25) is 0 Å². The minimum absolute atomic E-state index is 0.809. The molecule has 0 aromatic heterocycles. The van der Waals surface area contributed by atoms with Crippen LogP contribution >= 0.6 is 0 Å². The van der Waals surface area contributed by atoms with Crippen molar-refractivity contribution in [1.82, 2.24) is 10.2 Å². The maximum atomic E-state index is 3.70. The van der Waals surface area contributed by atoms with E-state index < -0.39 is 0 Å². The third-order valence-electron chi connectivity index (χ3n) is 3.15. The molecule has 2 saturated heterocycles. The molecule has 12 heavy (non-hydrogen) atoms. The van der Waals surface area contributed by atoms with Gasteiger partial charge in [-0.1, -0.05) is 6.92 Å². The van der Waals surface area contributed by atoms with E-state index in [1.54, 1.807) is 0 Å². The van der Waals surface area contributed by atoms with Gasteiger partial charge in [-0.25, -0.2) is 0 Å². The SMILES string of the molecule is CCCN1CCC2CCC(C1)N2.